The fourth-order valence-electron chi connectivity index (χ4n) is 3.06. The maximum Gasteiger partial charge on any atom is 0.311 e. The van der Waals surface area contributed by atoms with Crippen LogP contribution in [0.3, 0.4) is 0 Å². The Balaban J connectivity index is 2.13. The number of carbonyl (C=O) groups is 2. The molecule has 0 heterocycles. The number of esters is 2. The van der Waals surface area contributed by atoms with Crippen molar-refractivity contribution in [1.82, 2.24) is 0 Å². The Labute approximate surface area is 135 Å². The van der Waals surface area contributed by atoms with E-state index in [4.69, 9.17) is 27.5 Å². The van der Waals surface area contributed by atoms with Crippen LogP contribution in [0, 0.1) is 36.0 Å². The van der Waals surface area contributed by atoms with Crippen LogP contribution in [0.2, 0.25) is 0 Å². The number of carbonyl (C=O) groups excluding carboxylic acids is 2. The molecule has 0 aromatic heterocycles. The molecule has 2 bridgehead atoms. The minimum Gasteiger partial charge on any atom is -0.460 e. The third kappa shape index (κ3) is 3.36. The molecule has 0 N–H and O–H groups in total. The first-order valence-electron chi connectivity index (χ1n) is 7.14. The highest BCUT2D eigenvalue weighted by Crippen LogP contribution is 2.49. The molecule has 0 aromatic rings. The van der Waals surface area contributed by atoms with Crippen LogP contribution >= 0.6 is 11.6 Å². The summed E-state index contributed by atoms with van der Waals surface area (Å²) in [6.07, 6.45) is 10.0. The van der Waals surface area contributed by atoms with Crippen molar-refractivity contribution in [2.75, 3.05) is 6.61 Å². The number of rotatable bonds is 5. The monoisotopic (exact) mass is 322 g/mol. The quantitative estimate of drug-likeness (QED) is 0.443. The van der Waals surface area contributed by atoms with Crippen LogP contribution < -0.4 is 0 Å². The van der Waals surface area contributed by atoms with Gasteiger partial charge in [0.2, 0.25) is 0 Å². The van der Waals surface area contributed by atoms with Gasteiger partial charge in [-0.25, -0.2) is 0 Å². The van der Waals surface area contributed by atoms with Gasteiger partial charge in [0.25, 0.3) is 0 Å². The minimum atomic E-state index is -0.999. The fraction of sp³-hybridized carbons (Fsp3) is 0.529. The summed E-state index contributed by atoms with van der Waals surface area (Å²) in [6.45, 7) is 6.69. The molecule has 1 saturated carbocycles. The summed E-state index contributed by atoms with van der Waals surface area (Å²) >= 11 is 5.61. The first-order chi connectivity index (χ1) is 10.2. The van der Waals surface area contributed by atoms with E-state index in [1.54, 1.807) is 13.8 Å². The molecule has 0 aliphatic heterocycles. The van der Waals surface area contributed by atoms with Gasteiger partial charge in [0.15, 0.2) is 5.60 Å². The van der Waals surface area contributed by atoms with E-state index in [1.807, 2.05) is 12.2 Å². The van der Waals surface area contributed by atoms with Gasteiger partial charge in [0.1, 0.15) is 6.61 Å². The largest absolute Gasteiger partial charge is 0.460 e. The molecule has 2 aliphatic carbocycles. The lowest BCUT2D eigenvalue weighted by Gasteiger charge is -2.28. The van der Waals surface area contributed by atoms with E-state index in [0.29, 0.717) is 0 Å². The van der Waals surface area contributed by atoms with Gasteiger partial charge >= 0.3 is 11.9 Å². The number of fused-ring (bicyclic) bond motifs is 2. The number of ether oxygens (including phenoxy) is 2. The lowest BCUT2D eigenvalue weighted by molar-refractivity contribution is -0.166. The van der Waals surface area contributed by atoms with Crippen molar-refractivity contribution in [3.63, 3.8) is 0 Å². The zero-order valence-electron chi connectivity index (χ0n) is 12.7. The average Bonchev–Trinajstić information content (AvgIpc) is 3.04. The summed E-state index contributed by atoms with van der Waals surface area (Å²) in [4.78, 5) is 24.7. The summed E-state index contributed by atoms with van der Waals surface area (Å²) in [6, 6.07) is 0. The predicted molar refractivity (Wildman–Crippen MR) is 82.7 cm³/mol. The van der Waals surface area contributed by atoms with E-state index >= 15 is 0 Å². The maximum atomic E-state index is 12.5. The first kappa shape index (κ1) is 16.6. The number of halogens is 1. The molecule has 3 unspecified atom stereocenters. The van der Waals surface area contributed by atoms with Gasteiger partial charge in [-0.15, -0.1) is 6.42 Å². The van der Waals surface area contributed by atoms with E-state index in [2.05, 4.69) is 12.5 Å². The normalized spacial score (nSPS) is 29.0. The van der Waals surface area contributed by atoms with Crippen LogP contribution in [0.25, 0.3) is 0 Å². The van der Waals surface area contributed by atoms with Gasteiger partial charge in [-0.05, 0) is 32.1 Å². The molecular weight excluding hydrogens is 304 g/mol. The van der Waals surface area contributed by atoms with Crippen LogP contribution in [-0.4, -0.2) is 24.1 Å². The highest BCUT2D eigenvalue weighted by molar-refractivity contribution is 6.29. The molecule has 0 aromatic carbocycles. The molecule has 4 atom stereocenters. The highest BCUT2D eigenvalue weighted by Gasteiger charge is 2.53. The number of hydrogen-bond donors (Lipinski definition) is 0. The van der Waals surface area contributed by atoms with E-state index in [0.717, 1.165) is 6.42 Å². The van der Waals surface area contributed by atoms with Crippen molar-refractivity contribution in [2.45, 2.75) is 25.9 Å². The Morgan fingerprint density at radius 1 is 1.32 bits per heavy atom. The van der Waals surface area contributed by atoms with Crippen LogP contribution in [0.5, 0.6) is 0 Å². The van der Waals surface area contributed by atoms with Crippen LogP contribution in [0.15, 0.2) is 23.8 Å². The fourth-order valence-corrected chi connectivity index (χ4v) is 3.11. The first-order valence-corrected chi connectivity index (χ1v) is 7.52. The SMILES string of the molecule is C#CC(C)(C)OC(=O)C1C2C=CC(C2)[C@@H]1C(=O)OCC(=C)Cl. The Morgan fingerprint density at radius 2 is 1.86 bits per heavy atom. The molecule has 118 valence electrons. The lowest BCUT2D eigenvalue weighted by atomic mass is 9.83. The molecular formula is C17H19ClO4. The molecule has 5 heteroatoms. The van der Waals surface area contributed by atoms with Crippen molar-refractivity contribution in [2.24, 2.45) is 23.7 Å². The van der Waals surface area contributed by atoms with Crippen LogP contribution in [-0.2, 0) is 19.1 Å². The van der Waals surface area contributed by atoms with E-state index in [1.165, 1.54) is 0 Å². The predicted octanol–water partition coefficient (Wildman–Crippen LogP) is 2.68. The molecule has 22 heavy (non-hydrogen) atoms. The lowest BCUT2D eigenvalue weighted by Crippen LogP contribution is -2.39. The standard InChI is InChI=1S/C17H19ClO4/c1-5-17(3,4)22-16(20)14-12-7-6-11(8-12)13(14)15(19)21-9-10(2)18/h1,6-7,11-14H,2,8-9H2,3-4H3/t11?,12?,13-,14?/m0/s1. The number of hydrogen-bond acceptors (Lipinski definition) is 4. The smallest absolute Gasteiger partial charge is 0.311 e. The second-order valence-corrected chi connectivity index (χ2v) is 6.74. The molecule has 0 spiro atoms. The second kappa shape index (κ2) is 6.18. The molecule has 2 rings (SSSR count). The molecule has 1 fully saturated rings. The zero-order chi connectivity index (χ0) is 16.5. The molecule has 0 radical (unpaired) electrons. The van der Waals surface area contributed by atoms with Gasteiger partial charge in [0, 0.05) is 5.03 Å². The van der Waals surface area contributed by atoms with E-state index in [9.17, 15) is 9.59 Å². The zero-order valence-corrected chi connectivity index (χ0v) is 13.4. The summed E-state index contributed by atoms with van der Waals surface area (Å²) in [5.41, 5.74) is -0.999. The van der Waals surface area contributed by atoms with Gasteiger partial charge in [-0.2, -0.15) is 0 Å². The van der Waals surface area contributed by atoms with Crippen molar-refractivity contribution in [3.05, 3.63) is 23.8 Å². The van der Waals surface area contributed by atoms with Crippen LogP contribution in [0.1, 0.15) is 20.3 Å². The van der Waals surface area contributed by atoms with Gasteiger partial charge in [-0.3, -0.25) is 9.59 Å². The Bertz CT molecular complexity index is 570. The summed E-state index contributed by atoms with van der Waals surface area (Å²) < 4.78 is 10.5. The number of terminal acetylenes is 1. The number of allylic oxidation sites excluding steroid dienone is 2. The van der Waals surface area contributed by atoms with Crippen molar-refractivity contribution in [1.29, 1.82) is 0 Å². The molecule has 4 nitrogen and oxygen atoms in total. The van der Waals surface area contributed by atoms with Crippen LogP contribution in [0.4, 0.5) is 0 Å². The Morgan fingerprint density at radius 3 is 2.36 bits per heavy atom. The Hall–Kier alpha value is -1.73. The van der Waals surface area contributed by atoms with Gasteiger partial charge in [-0.1, -0.05) is 36.3 Å². The summed E-state index contributed by atoms with van der Waals surface area (Å²) in [7, 11) is 0. The summed E-state index contributed by atoms with van der Waals surface area (Å²) in [5, 5.41) is 0.236. The van der Waals surface area contributed by atoms with Crippen molar-refractivity contribution >= 4 is 23.5 Å². The van der Waals surface area contributed by atoms with Crippen molar-refractivity contribution in [3.8, 4) is 12.3 Å². The minimum absolute atomic E-state index is 0.00686. The van der Waals surface area contributed by atoms with Crippen molar-refractivity contribution < 1.29 is 19.1 Å². The topological polar surface area (TPSA) is 52.6 Å². The van der Waals surface area contributed by atoms with Gasteiger partial charge in [0.05, 0.1) is 11.8 Å². The molecule has 0 saturated heterocycles. The molecule has 2 aliphatic rings. The third-order valence-corrected chi connectivity index (χ3v) is 4.19. The second-order valence-electron chi connectivity index (χ2n) is 6.20. The summed E-state index contributed by atoms with van der Waals surface area (Å²) in [5.74, 6) is 0.396. The van der Waals surface area contributed by atoms with E-state index in [-0.39, 0.29) is 23.5 Å². The third-order valence-electron chi connectivity index (χ3n) is 4.08. The van der Waals surface area contributed by atoms with E-state index < -0.39 is 29.4 Å². The maximum absolute atomic E-state index is 12.5. The average molecular weight is 323 g/mol. The highest BCUT2D eigenvalue weighted by atomic mass is 35.5. The molecule has 0 amide bonds. The Kier molecular flexibility index (Phi) is 4.67. The van der Waals surface area contributed by atoms with Gasteiger partial charge < -0.3 is 9.47 Å².